The van der Waals surface area contributed by atoms with Crippen LogP contribution in [0.5, 0.6) is 0 Å². The van der Waals surface area contributed by atoms with Crippen LogP contribution in [0, 0.1) is 6.92 Å². The Morgan fingerprint density at radius 2 is 2.03 bits per heavy atom. The fraction of sp³-hybridized carbons (Fsp3) is 0.737. The van der Waals surface area contributed by atoms with Crippen molar-refractivity contribution in [3.8, 4) is 0 Å². The number of ether oxygens (including phenoxy) is 2. The fourth-order valence-electron chi connectivity index (χ4n) is 3.02. The number of aliphatic hydroxyl groups excluding tert-OH is 1. The third-order valence-electron chi connectivity index (χ3n) is 5.81. The molecule has 0 unspecified atom stereocenters. The number of hydrogen-bond acceptors (Lipinski definition) is 7. The molecule has 0 radical (unpaired) electrons. The van der Waals surface area contributed by atoms with Gasteiger partial charge in [0.1, 0.15) is 12.3 Å². The minimum absolute atomic E-state index is 0.0751. The minimum Gasteiger partial charge on any atom is -0.469 e. The van der Waals surface area contributed by atoms with E-state index in [9.17, 15) is 19.5 Å². The molecule has 1 saturated heterocycles. The maximum Gasteiger partial charge on any atom is 0.330 e. The van der Waals surface area contributed by atoms with Gasteiger partial charge in [0, 0.05) is 18.2 Å². The maximum absolute atomic E-state index is 12.3. The number of hydrogen-bond donors (Lipinski definition) is 2. The van der Waals surface area contributed by atoms with Crippen molar-refractivity contribution in [1.29, 1.82) is 0 Å². The van der Waals surface area contributed by atoms with Crippen molar-refractivity contribution in [1.82, 2.24) is 9.55 Å². The lowest BCUT2D eigenvalue weighted by molar-refractivity contribution is -0.147. The maximum atomic E-state index is 12.3. The van der Waals surface area contributed by atoms with Gasteiger partial charge in [-0.3, -0.25) is 19.1 Å². The van der Waals surface area contributed by atoms with Gasteiger partial charge in [0.25, 0.3) is 5.56 Å². The molecule has 1 aromatic heterocycles. The molecule has 0 saturated carbocycles. The van der Waals surface area contributed by atoms with Crippen LogP contribution in [0.1, 0.15) is 45.4 Å². The van der Waals surface area contributed by atoms with Crippen LogP contribution >= 0.6 is 0 Å². The van der Waals surface area contributed by atoms with Gasteiger partial charge in [-0.2, -0.15) is 0 Å². The minimum atomic E-state index is -2.22. The van der Waals surface area contributed by atoms with Crippen LogP contribution in [0.25, 0.3) is 0 Å². The highest BCUT2D eigenvalue weighted by Gasteiger charge is 2.47. The van der Waals surface area contributed by atoms with E-state index < -0.39 is 50.1 Å². The fourth-order valence-corrected chi connectivity index (χ4v) is 4.36. The summed E-state index contributed by atoms with van der Waals surface area (Å²) in [6, 6.07) is 0. The monoisotopic (exact) mass is 428 g/mol. The number of aryl methyl sites for hydroxylation is 1. The van der Waals surface area contributed by atoms with E-state index in [2.05, 4.69) is 43.6 Å². The first-order valence-electron chi connectivity index (χ1n) is 9.67. The molecule has 0 amide bonds. The summed E-state index contributed by atoms with van der Waals surface area (Å²) >= 11 is 0. The Morgan fingerprint density at radius 3 is 2.59 bits per heavy atom. The highest BCUT2D eigenvalue weighted by Crippen LogP contribution is 2.41. The van der Waals surface area contributed by atoms with Gasteiger partial charge in [0.05, 0.1) is 25.7 Å². The number of methoxy groups -OCH3 is 1. The Morgan fingerprint density at radius 1 is 1.41 bits per heavy atom. The number of carbonyl (C=O) groups excluding carboxylic acids is 1. The lowest BCUT2D eigenvalue weighted by Gasteiger charge is -2.39. The van der Waals surface area contributed by atoms with Gasteiger partial charge in [-0.15, -0.1) is 0 Å². The standard InChI is InChI=1S/C19H32N2O7Si/c1-11-10-21(18(25)20-17(11)24)14-9-13(28-29(6,7)19(2,3)4)16(27-14)12(22)8-15(23)26-5/h10,12-14,16,22H,8-9H2,1-7H3,(H,20,24,25)/t12-,13-,14+,16+/m0/s1. The highest BCUT2D eigenvalue weighted by atomic mass is 28.4. The second kappa shape index (κ2) is 8.55. The Hall–Kier alpha value is -1.75. The Kier molecular flexibility index (Phi) is 6.93. The molecule has 4 atom stereocenters. The number of aromatic nitrogens is 2. The summed E-state index contributed by atoms with van der Waals surface area (Å²) in [7, 11) is -0.973. The molecule has 0 aromatic carbocycles. The first-order chi connectivity index (χ1) is 13.3. The van der Waals surface area contributed by atoms with Crippen molar-refractivity contribution < 1.29 is 23.8 Å². The van der Waals surface area contributed by atoms with E-state index in [1.807, 2.05) is 0 Å². The van der Waals surface area contributed by atoms with Crippen LogP contribution in [-0.2, 0) is 18.7 Å². The molecular weight excluding hydrogens is 396 g/mol. The molecular formula is C19H32N2O7Si. The zero-order valence-electron chi connectivity index (χ0n) is 18.1. The molecule has 1 fully saturated rings. The Balaban J connectivity index is 2.35. The van der Waals surface area contributed by atoms with E-state index in [0.29, 0.717) is 12.0 Å². The van der Waals surface area contributed by atoms with Crippen molar-refractivity contribution in [2.75, 3.05) is 7.11 Å². The molecule has 1 aromatic rings. The molecule has 9 nitrogen and oxygen atoms in total. The van der Waals surface area contributed by atoms with Gasteiger partial charge in [0.2, 0.25) is 0 Å². The summed E-state index contributed by atoms with van der Waals surface area (Å²) in [5.74, 6) is -0.562. The zero-order chi connectivity index (χ0) is 22.1. The predicted octanol–water partition coefficient (Wildman–Crippen LogP) is 1.45. The third-order valence-corrected chi connectivity index (χ3v) is 10.3. The van der Waals surface area contributed by atoms with Crippen LogP contribution in [-0.4, -0.2) is 54.4 Å². The van der Waals surface area contributed by atoms with Gasteiger partial charge in [-0.05, 0) is 25.1 Å². The Labute approximate surface area is 171 Å². The first kappa shape index (κ1) is 23.5. The average molecular weight is 429 g/mol. The van der Waals surface area contributed by atoms with Crippen molar-refractivity contribution >= 4 is 14.3 Å². The van der Waals surface area contributed by atoms with Crippen LogP contribution < -0.4 is 11.2 Å². The van der Waals surface area contributed by atoms with E-state index in [0.717, 1.165) is 0 Å². The number of rotatable bonds is 6. The molecule has 0 aliphatic carbocycles. The summed E-state index contributed by atoms with van der Waals surface area (Å²) in [5.41, 5.74) is -0.686. The van der Waals surface area contributed by atoms with Gasteiger partial charge < -0.3 is 19.0 Å². The van der Waals surface area contributed by atoms with Gasteiger partial charge in [-0.25, -0.2) is 4.79 Å². The van der Waals surface area contributed by atoms with Crippen molar-refractivity contribution in [2.24, 2.45) is 0 Å². The van der Waals surface area contributed by atoms with Crippen LogP contribution in [0.15, 0.2) is 15.8 Å². The lowest BCUT2D eigenvalue weighted by atomic mass is 10.1. The summed E-state index contributed by atoms with van der Waals surface area (Å²) in [4.78, 5) is 37.9. The van der Waals surface area contributed by atoms with Crippen LogP contribution in [0.2, 0.25) is 18.1 Å². The second-order valence-electron chi connectivity index (χ2n) is 9.03. The first-order valence-corrected chi connectivity index (χ1v) is 12.6. The largest absolute Gasteiger partial charge is 0.469 e. The van der Waals surface area contributed by atoms with E-state index in [-0.39, 0.29) is 11.5 Å². The molecule has 2 heterocycles. The Bertz CT molecular complexity index is 855. The van der Waals surface area contributed by atoms with Gasteiger partial charge in [-0.1, -0.05) is 20.8 Å². The summed E-state index contributed by atoms with van der Waals surface area (Å²) in [6.07, 6.45) is -1.71. The number of H-pyrrole nitrogens is 1. The SMILES string of the molecule is COC(=O)C[C@H](O)[C@H]1O[C@@H](n2cc(C)c(=O)[nH]c2=O)C[C@@H]1O[Si](C)(C)C(C)(C)C. The molecule has 10 heteroatoms. The number of carbonyl (C=O) groups is 1. The zero-order valence-corrected chi connectivity index (χ0v) is 19.1. The van der Waals surface area contributed by atoms with E-state index in [4.69, 9.17) is 9.16 Å². The van der Waals surface area contributed by atoms with Crippen molar-refractivity contribution in [3.05, 3.63) is 32.6 Å². The van der Waals surface area contributed by atoms with Crippen molar-refractivity contribution in [3.63, 3.8) is 0 Å². The molecule has 164 valence electrons. The summed E-state index contributed by atoms with van der Waals surface area (Å²) in [6.45, 7) is 12.1. The lowest BCUT2D eigenvalue weighted by Crippen LogP contribution is -2.48. The average Bonchev–Trinajstić information content (AvgIpc) is 2.99. The number of aliphatic hydroxyl groups is 1. The number of aromatic amines is 1. The normalized spacial score (nSPS) is 23.8. The predicted molar refractivity (Wildman–Crippen MR) is 109 cm³/mol. The topological polar surface area (TPSA) is 120 Å². The molecule has 0 bridgehead atoms. The smallest absolute Gasteiger partial charge is 0.330 e. The van der Waals surface area contributed by atoms with Gasteiger partial charge in [0.15, 0.2) is 8.32 Å². The number of nitrogens with one attached hydrogen (secondary N) is 1. The van der Waals surface area contributed by atoms with E-state index in [1.165, 1.54) is 17.9 Å². The summed E-state index contributed by atoms with van der Waals surface area (Å²) < 4.78 is 18.4. The quantitative estimate of drug-likeness (QED) is 0.520. The van der Waals surface area contributed by atoms with Gasteiger partial charge >= 0.3 is 11.7 Å². The number of esters is 1. The highest BCUT2D eigenvalue weighted by molar-refractivity contribution is 6.74. The van der Waals surface area contributed by atoms with Crippen molar-refractivity contribution in [2.45, 2.75) is 83.2 Å². The molecule has 2 rings (SSSR count). The summed E-state index contributed by atoms with van der Waals surface area (Å²) in [5, 5.41) is 10.5. The molecule has 1 aliphatic rings. The second-order valence-corrected chi connectivity index (χ2v) is 13.8. The molecule has 0 spiro atoms. The third kappa shape index (κ3) is 5.24. The van der Waals surface area contributed by atoms with Crippen LogP contribution in [0.4, 0.5) is 0 Å². The molecule has 29 heavy (non-hydrogen) atoms. The van der Waals surface area contributed by atoms with E-state index >= 15 is 0 Å². The molecule has 2 N–H and O–H groups in total. The number of nitrogens with zero attached hydrogens (tertiary/aromatic N) is 1. The molecule has 1 aliphatic heterocycles. The van der Waals surface area contributed by atoms with Crippen LogP contribution in [0.3, 0.4) is 0 Å². The van der Waals surface area contributed by atoms with E-state index in [1.54, 1.807) is 6.92 Å².